The van der Waals surface area contributed by atoms with Crippen LogP contribution in [0.2, 0.25) is 0 Å². The Morgan fingerprint density at radius 2 is 1.95 bits per heavy atom. The summed E-state index contributed by atoms with van der Waals surface area (Å²) in [7, 11) is -4.88. The molecule has 0 amide bonds. The van der Waals surface area contributed by atoms with Crippen molar-refractivity contribution in [2.45, 2.75) is 18.6 Å². The van der Waals surface area contributed by atoms with E-state index in [2.05, 4.69) is 0 Å². The molecule has 0 heterocycles. The number of allylic oxidation sites excluding steroid dienone is 1. The normalized spacial score (nSPS) is 13.0. The number of carboxylic acid groups (broad SMARTS) is 1. The highest BCUT2D eigenvalue weighted by Crippen LogP contribution is 2.21. The van der Waals surface area contributed by atoms with E-state index < -0.39 is 33.7 Å². The van der Waals surface area contributed by atoms with Crippen molar-refractivity contribution in [3.63, 3.8) is 0 Å². The van der Waals surface area contributed by atoms with Gasteiger partial charge in [0, 0.05) is 5.56 Å². The number of carbonyl (C=O) groups is 2. The van der Waals surface area contributed by atoms with E-state index in [4.69, 9.17) is 14.4 Å². The topological polar surface area (TPSA) is 118 Å². The summed E-state index contributed by atoms with van der Waals surface area (Å²) in [6.07, 6.45) is 2.23. The third-order valence-electron chi connectivity index (χ3n) is 2.46. The second-order valence-electron chi connectivity index (χ2n) is 4.06. The second kappa shape index (κ2) is 7.00. The predicted molar refractivity (Wildman–Crippen MR) is 74.4 cm³/mol. The van der Waals surface area contributed by atoms with Gasteiger partial charge in [0.2, 0.25) is 0 Å². The molecule has 1 aromatic carbocycles. The molecule has 0 aromatic heterocycles. The zero-order valence-electron chi connectivity index (χ0n) is 11.1. The van der Waals surface area contributed by atoms with Gasteiger partial charge in [0.05, 0.1) is 6.42 Å². The Hall–Kier alpha value is -2.19. The number of aliphatic carboxylic acids is 1. The van der Waals surface area contributed by atoms with Gasteiger partial charge in [0.25, 0.3) is 10.1 Å². The summed E-state index contributed by atoms with van der Waals surface area (Å²) >= 11 is 0. The standard InChI is InChI=1S/C13H14O7S/c1-2-5-9-6-3-4-7-10(9)20-13(16)11(8-12(14)15)21(17,18)19/h2-7,11H,8H2,1H3,(H,14,15)(H,17,18,19)/b5-2-. The van der Waals surface area contributed by atoms with Crippen molar-refractivity contribution in [1.82, 2.24) is 0 Å². The van der Waals surface area contributed by atoms with Crippen LogP contribution in [0.5, 0.6) is 5.75 Å². The zero-order chi connectivity index (χ0) is 16.0. The number of benzene rings is 1. The van der Waals surface area contributed by atoms with Crippen molar-refractivity contribution in [3.8, 4) is 5.75 Å². The van der Waals surface area contributed by atoms with Gasteiger partial charge in [-0.1, -0.05) is 30.4 Å². The molecule has 0 aliphatic carbocycles. The maximum Gasteiger partial charge on any atom is 0.332 e. The molecule has 0 aliphatic heterocycles. The minimum Gasteiger partial charge on any atom is -0.481 e. The quantitative estimate of drug-likeness (QED) is 0.462. The molecule has 1 rings (SSSR count). The zero-order valence-corrected chi connectivity index (χ0v) is 11.9. The fraction of sp³-hybridized carbons (Fsp3) is 0.231. The summed E-state index contributed by atoms with van der Waals surface area (Å²) in [6.45, 7) is 1.74. The number of esters is 1. The first-order chi connectivity index (χ1) is 9.75. The van der Waals surface area contributed by atoms with Crippen LogP contribution < -0.4 is 4.74 Å². The van der Waals surface area contributed by atoms with Gasteiger partial charge in [-0.3, -0.25) is 14.1 Å². The number of hydrogen-bond donors (Lipinski definition) is 2. The molecule has 7 nitrogen and oxygen atoms in total. The van der Waals surface area contributed by atoms with Crippen LogP contribution in [0.25, 0.3) is 6.08 Å². The average Bonchev–Trinajstić information content (AvgIpc) is 2.37. The molecule has 0 radical (unpaired) electrons. The summed E-state index contributed by atoms with van der Waals surface area (Å²) in [5, 5.41) is 6.43. The van der Waals surface area contributed by atoms with E-state index in [-0.39, 0.29) is 5.75 Å². The van der Waals surface area contributed by atoms with E-state index in [1.165, 1.54) is 6.07 Å². The number of carbonyl (C=O) groups excluding carboxylic acids is 1. The van der Waals surface area contributed by atoms with Crippen LogP contribution in [-0.2, 0) is 19.7 Å². The van der Waals surface area contributed by atoms with Crippen LogP contribution in [0, 0.1) is 0 Å². The molecular formula is C13H14O7S. The molecule has 1 unspecified atom stereocenters. The van der Waals surface area contributed by atoms with E-state index in [0.717, 1.165) is 0 Å². The van der Waals surface area contributed by atoms with Crippen molar-refractivity contribution < 1.29 is 32.4 Å². The molecule has 2 N–H and O–H groups in total. The van der Waals surface area contributed by atoms with Crippen molar-refractivity contribution in [1.29, 1.82) is 0 Å². The molecule has 0 spiro atoms. The van der Waals surface area contributed by atoms with E-state index in [1.54, 1.807) is 37.3 Å². The number of rotatable bonds is 6. The van der Waals surface area contributed by atoms with Crippen LogP contribution in [-0.4, -0.2) is 35.3 Å². The lowest BCUT2D eigenvalue weighted by Crippen LogP contribution is -2.35. The van der Waals surface area contributed by atoms with Crippen LogP contribution in [0.4, 0.5) is 0 Å². The molecule has 0 bridgehead atoms. The second-order valence-corrected chi connectivity index (χ2v) is 5.66. The van der Waals surface area contributed by atoms with Crippen LogP contribution in [0.3, 0.4) is 0 Å². The molecule has 8 heteroatoms. The predicted octanol–water partition coefficient (Wildman–Crippen LogP) is 1.36. The van der Waals surface area contributed by atoms with Crippen molar-refractivity contribution in [2.24, 2.45) is 0 Å². The van der Waals surface area contributed by atoms with Gasteiger partial charge >= 0.3 is 11.9 Å². The van der Waals surface area contributed by atoms with Crippen molar-refractivity contribution in [2.75, 3.05) is 0 Å². The Morgan fingerprint density at radius 1 is 1.33 bits per heavy atom. The lowest BCUT2D eigenvalue weighted by atomic mass is 10.2. The first kappa shape index (κ1) is 16.9. The lowest BCUT2D eigenvalue weighted by molar-refractivity contribution is -0.142. The van der Waals surface area contributed by atoms with Crippen LogP contribution in [0.15, 0.2) is 30.3 Å². The number of carboxylic acids is 1. The molecule has 0 saturated heterocycles. The third kappa shape index (κ3) is 5.01. The highest BCUT2D eigenvalue weighted by atomic mass is 32.2. The number of para-hydroxylation sites is 1. The Kier molecular flexibility index (Phi) is 5.62. The highest BCUT2D eigenvalue weighted by Gasteiger charge is 2.35. The summed E-state index contributed by atoms with van der Waals surface area (Å²) in [4.78, 5) is 22.4. The fourth-order valence-corrected chi connectivity index (χ4v) is 2.18. The molecule has 21 heavy (non-hydrogen) atoms. The van der Waals surface area contributed by atoms with Crippen molar-refractivity contribution in [3.05, 3.63) is 35.9 Å². The maximum absolute atomic E-state index is 11.8. The average molecular weight is 314 g/mol. The third-order valence-corrected chi connectivity index (χ3v) is 3.54. The smallest absolute Gasteiger partial charge is 0.332 e. The van der Waals surface area contributed by atoms with Gasteiger partial charge in [-0.25, -0.2) is 0 Å². The molecule has 114 valence electrons. The summed E-state index contributed by atoms with van der Waals surface area (Å²) < 4.78 is 36.0. The molecule has 0 saturated carbocycles. The summed E-state index contributed by atoms with van der Waals surface area (Å²) in [5.41, 5.74) is 0.512. The van der Waals surface area contributed by atoms with Gasteiger partial charge in [0.1, 0.15) is 5.75 Å². The monoisotopic (exact) mass is 314 g/mol. The SMILES string of the molecule is C/C=C\c1ccccc1OC(=O)C(CC(=O)O)S(=O)(=O)O. The summed E-state index contributed by atoms with van der Waals surface area (Å²) in [5.74, 6) is -2.83. The van der Waals surface area contributed by atoms with Crippen LogP contribution >= 0.6 is 0 Å². The number of hydrogen-bond acceptors (Lipinski definition) is 5. The Labute approximate surface area is 121 Å². The van der Waals surface area contributed by atoms with Gasteiger partial charge in [0.15, 0.2) is 5.25 Å². The molecular weight excluding hydrogens is 300 g/mol. The van der Waals surface area contributed by atoms with Gasteiger partial charge < -0.3 is 9.84 Å². The highest BCUT2D eigenvalue weighted by molar-refractivity contribution is 7.87. The van der Waals surface area contributed by atoms with Gasteiger partial charge in [-0.05, 0) is 13.0 Å². The first-order valence-electron chi connectivity index (χ1n) is 5.87. The minimum atomic E-state index is -4.88. The summed E-state index contributed by atoms with van der Waals surface area (Å²) in [6, 6.07) is 6.30. The fourth-order valence-electron chi connectivity index (χ4n) is 1.53. The van der Waals surface area contributed by atoms with E-state index in [1.807, 2.05) is 0 Å². The van der Waals surface area contributed by atoms with Gasteiger partial charge in [-0.2, -0.15) is 8.42 Å². The van der Waals surface area contributed by atoms with E-state index in [9.17, 15) is 18.0 Å². The largest absolute Gasteiger partial charge is 0.481 e. The molecule has 0 fully saturated rings. The lowest BCUT2D eigenvalue weighted by Gasteiger charge is -2.12. The van der Waals surface area contributed by atoms with Crippen LogP contribution in [0.1, 0.15) is 18.9 Å². The number of ether oxygens (including phenoxy) is 1. The minimum absolute atomic E-state index is 0.0691. The Bertz CT molecular complexity index is 661. The maximum atomic E-state index is 11.8. The molecule has 1 aromatic rings. The Morgan fingerprint density at radius 3 is 2.48 bits per heavy atom. The van der Waals surface area contributed by atoms with Gasteiger partial charge in [-0.15, -0.1) is 0 Å². The van der Waals surface area contributed by atoms with Crippen molar-refractivity contribution >= 4 is 28.1 Å². The first-order valence-corrected chi connectivity index (χ1v) is 7.37. The molecule has 0 aliphatic rings. The van der Waals surface area contributed by atoms with E-state index in [0.29, 0.717) is 5.56 Å². The Balaban J connectivity index is 3.05. The molecule has 1 atom stereocenters. The van der Waals surface area contributed by atoms with E-state index >= 15 is 0 Å².